The molecule has 0 bridgehead atoms. The van der Waals surface area contributed by atoms with E-state index in [1.807, 2.05) is 0 Å². The Hall–Kier alpha value is -2.93. The van der Waals surface area contributed by atoms with Crippen LogP contribution in [0, 0.1) is 6.92 Å². The van der Waals surface area contributed by atoms with Crippen LogP contribution in [0.25, 0.3) is 10.2 Å². The molecular weight excluding hydrogens is 352 g/mol. The summed E-state index contributed by atoms with van der Waals surface area (Å²) in [5.41, 5.74) is 7.96. The molecule has 0 aliphatic rings. The highest BCUT2D eigenvalue weighted by Gasteiger charge is 2.24. The molecule has 1 aromatic carbocycles. The third kappa shape index (κ3) is 3.13. The first-order chi connectivity index (χ1) is 12.5. The Bertz CT molecular complexity index is 993. The highest BCUT2D eigenvalue weighted by Crippen LogP contribution is 2.37. The number of carbonyl (C=O) groups is 2. The average molecular weight is 370 g/mol. The lowest BCUT2D eigenvalue weighted by molar-refractivity contribution is 0.0528. The summed E-state index contributed by atoms with van der Waals surface area (Å²) >= 11 is 1.18. The summed E-state index contributed by atoms with van der Waals surface area (Å²) in [6, 6.07) is 8.41. The first-order valence-corrected chi connectivity index (χ1v) is 8.83. The number of fused-ring (bicyclic) bond motifs is 1. The minimum atomic E-state index is -0.476. The Morgan fingerprint density at radius 3 is 2.54 bits per heavy atom. The van der Waals surface area contributed by atoms with Crippen LogP contribution in [0.4, 0.5) is 5.69 Å². The molecule has 0 radical (unpaired) electrons. The van der Waals surface area contributed by atoms with Gasteiger partial charge in [0, 0.05) is 16.6 Å². The summed E-state index contributed by atoms with van der Waals surface area (Å²) in [4.78, 5) is 30.5. The quantitative estimate of drug-likeness (QED) is 0.545. The van der Waals surface area contributed by atoms with Crippen LogP contribution in [0.1, 0.15) is 38.2 Å². The number of hydrogen-bond acceptors (Lipinski definition) is 7. The summed E-state index contributed by atoms with van der Waals surface area (Å²) in [7, 11) is 1.56. The van der Waals surface area contributed by atoms with Crippen LogP contribution in [-0.2, 0) is 4.74 Å². The molecule has 0 amide bonds. The minimum Gasteiger partial charge on any atom is -0.497 e. The van der Waals surface area contributed by atoms with E-state index in [0.29, 0.717) is 37.7 Å². The van der Waals surface area contributed by atoms with Gasteiger partial charge in [-0.25, -0.2) is 9.78 Å². The first-order valence-electron chi connectivity index (χ1n) is 8.01. The lowest BCUT2D eigenvalue weighted by Gasteiger charge is -2.05. The van der Waals surface area contributed by atoms with Gasteiger partial charge in [-0.05, 0) is 44.2 Å². The molecule has 3 rings (SSSR count). The number of ketones is 1. The number of carbonyl (C=O) groups excluding carboxylic acids is 2. The minimum absolute atomic E-state index is 0.222. The number of nitrogens with zero attached hydrogens (tertiary/aromatic N) is 1. The number of aryl methyl sites for hydroxylation is 1. The number of nitrogens with two attached hydrogens (primary N) is 1. The molecule has 0 unspecified atom stereocenters. The second kappa shape index (κ2) is 7.13. The number of methoxy groups -OCH3 is 1. The molecule has 3 aromatic rings. The zero-order chi connectivity index (χ0) is 18.8. The van der Waals surface area contributed by atoms with Crippen molar-refractivity contribution in [3.8, 4) is 5.75 Å². The first kappa shape index (κ1) is 17.9. The molecule has 0 saturated heterocycles. The molecule has 2 heterocycles. The van der Waals surface area contributed by atoms with Gasteiger partial charge in [0.15, 0.2) is 0 Å². The smallest absolute Gasteiger partial charge is 0.338 e. The van der Waals surface area contributed by atoms with Crippen LogP contribution in [-0.4, -0.2) is 30.5 Å². The molecule has 6 nitrogen and oxygen atoms in total. The number of thiophene rings is 1. The maximum Gasteiger partial charge on any atom is 0.338 e. The fourth-order valence-corrected chi connectivity index (χ4v) is 3.78. The van der Waals surface area contributed by atoms with Gasteiger partial charge in [0.25, 0.3) is 0 Å². The highest BCUT2D eigenvalue weighted by molar-refractivity contribution is 7.21. The monoisotopic (exact) mass is 370 g/mol. The third-order valence-electron chi connectivity index (χ3n) is 3.88. The molecule has 2 aromatic heterocycles. The number of anilines is 1. The Balaban J connectivity index is 2.12. The van der Waals surface area contributed by atoms with Crippen LogP contribution in [0.3, 0.4) is 0 Å². The molecule has 0 aliphatic heterocycles. The molecule has 2 N–H and O–H groups in total. The van der Waals surface area contributed by atoms with Gasteiger partial charge >= 0.3 is 5.97 Å². The van der Waals surface area contributed by atoms with Gasteiger partial charge < -0.3 is 15.2 Å². The predicted molar refractivity (Wildman–Crippen MR) is 101 cm³/mol. The van der Waals surface area contributed by atoms with E-state index in [4.69, 9.17) is 15.2 Å². The Labute approximate surface area is 154 Å². The van der Waals surface area contributed by atoms with E-state index in [2.05, 4.69) is 4.98 Å². The molecule has 7 heteroatoms. The van der Waals surface area contributed by atoms with Crippen LogP contribution < -0.4 is 10.5 Å². The van der Waals surface area contributed by atoms with Crippen LogP contribution in [0.2, 0.25) is 0 Å². The number of hydrogen-bond donors (Lipinski definition) is 1. The second-order valence-electron chi connectivity index (χ2n) is 5.61. The van der Waals surface area contributed by atoms with E-state index in [0.717, 1.165) is 0 Å². The Morgan fingerprint density at radius 1 is 1.23 bits per heavy atom. The van der Waals surface area contributed by atoms with E-state index in [-0.39, 0.29) is 18.1 Å². The van der Waals surface area contributed by atoms with E-state index in [9.17, 15) is 9.59 Å². The van der Waals surface area contributed by atoms with Crippen molar-refractivity contribution >= 4 is 39.0 Å². The number of benzene rings is 1. The van der Waals surface area contributed by atoms with Crippen LogP contribution in [0.15, 0.2) is 30.3 Å². The van der Waals surface area contributed by atoms with Crippen molar-refractivity contribution < 1.29 is 19.1 Å². The van der Waals surface area contributed by atoms with Crippen molar-refractivity contribution in [1.29, 1.82) is 0 Å². The average Bonchev–Trinajstić information content (AvgIpc) is 2.97. The summed E-state index contributed by atoms with van der Waals surface area (Å²) in [5.74, 6) is -0.0377. The SMILES string of the molecule is CCOC(=O)c1cc(C)nc2sc(C(=O)c3ccc(OC)cc3)c(N)c12. The van der Waals surface area contributed by atoms with Gasteiger partial charge in [-0.3, -0.25) is 4.79 Å². The molecule has 0 spiro atoms. The number of ether oxygens (including phenoxy) is 2. The molecule has 0 atom stereocenters. The third-order valence-corrected chi connectivity index (χ3v) is 4.98. The van der Waals surface area contributed by atoms with Crippen molar-refractivity contribution in [2.75, 3.05) is 19.5 Å². The predicted octanol–water partition coefficient (Wildman–Crippen LogP) is 3.60. The van der Waals surface area contributed by atoms with Crippen molar-refractivity contribution in [2.24, 2.45) is 0 Å². The molecule has 26 heavy (non-hydrogen) atoms. The summed E-state index contributed by atoms with van der Waals surface area (Å²) in [6.07, 6.45) is 0. The largest absolute Gasteiger partial charge is 0.497 e. The topological polar surface area (TPSA) is 91.5 Å². The van der Waals surface area contributed by atoms with Gasteiger partial charge in [0.1, 0.15) is 15.5 Å². The van der Waals surface area contributed by atoms with Gasteiger partial charge in [-0.15, -0.1) is 11.3 Å². The van der Waals surface area contributed by atoms with E-state index in [1.54, 1.807) is 51.3 Å². The normalized spacial score (nSPS) is 10.7. The number of esters is 1. The van der Waals surface area contributed by atoms with Crippen molar-refractivity contribution in [1.82, 2.24) is 4.98 Å². The van der Waals surface area contributed by atoms with Gasteiger partial charge in [0.05, 0.1) is 25.0 Å². The number of rotatable bonds is 5. The van der Waals surface area contributed by atoms with Crippen molar-refractivity contribution in [3.63, 3.8) is 0 Å². The molecule has 0 saturated carbocycles. The van der Waals surface area contributed by atoms with Gasteiger partial charge in [-0.1, -0.05) is 0 Å². The fourth-order valence-electron chi connectivity index (χ4n) is 2.66. The number of pyridine rings is 1. The maximum atomic E-state index is 12.9. The van der Waals surface area contributed by atoms with Crippen molar-refractivity contribution in [2.45, 2.75) is 13.8 Å². The lowest BCUT2D eigenvalue weighted by atomic mass is 10.1. The molecule has 0 fully saturated rings. The summed E-state index contributed by atoms with van der Waals surface area (Å²) in [5, 5.41) is 0.468. The second-order valence-corrected chi connectivity index (χ2v) is 6.61. The van der Waals surface area contributed by atoms with E-state index in [1.165, 1.54) is 11.3 Å². The van der Waals surface area contributed by atoms with Crippen LogP contribution >= 0.6 is 11.3 Å². The maximum absolute atomic E-state index is 12.9. The van der Waals surface area contributed by atoms with Gasteiger partial charge in [-0.2, -0.15) is 0 Å². The standard InChI is InChI=1S/C19H18N2O4S/c1-4-25-19(23)13-9-10(2)21-18-14(13)15(20)17(26-18)16(22)11-5-7-12(24-3)8-6-11/h5-9H,4,20H2,1-3H3. The van der Waals surface area contributed by atoms with E-state index < -0.39 is 5.97 Å². The molecule has 134 valence electrons. The lowest BCUT2D eigenvalue weighted by Crippen LogP contribution is -2.07. The molecule has 0 aliphatic carbocycles. The number of aromatic nitrogens is 1. The Kier molecular flexibility index (Phi) is 4.90. The van der Waals surface area contributed by atoms with Gasteiger partial charge in [0.2, 0.25) is 5.78 Å². The number of nitrogen functional groups attached to an aromatic ring is 1. The highest BCUT2D eigenvalue weighted by atomic mass is 32.1. The molecular formula is C19H18N2O4S. The summed E-state index contributed by atoms with van der Waals surface area (Å²) < 4.78 is 10.2. The van der Waals surface area contributed by atoms with E-state index >= 15 is 0 Å². The summed E-state index contributed by atoms with van der Waals surface area (Å²) in [6.45, 7) is 3.77. The van der Waals surface area contributed by atoms with Crippen molar-refractivity contribution in [3.05, 3.63) is 52.0 Å². The van der Waals surface area contributed by atoms with Crippen LogP contribution in [0.5, 0.6) is 5.75 Å². The zero-order valence-corrected chi connectivity index (χ0v) is 15.5. The zero-order valence-electron chi connectivity index (χ0n) is 14.7. The Morgan fingerprint density at radius 2 is 1.92 bits per heavy atom. The fraction of sp³-hybridized carbons (Fsp3) is 0.211.